The number of likely N-dealkylation sites (tertiary alicyclic amines) is 1. The Morgan fingerprint density at radius 1 is 1.07 bits per heavy atom. The topological polar surface area (TPSA) is 38.8 Å². The lowest BCUT2D eigenvalue weighted by Gasteiger charge is -2.35. The highest BCUT2D eigenvalue weighted by atomic mass is 19.1. The van der Waals surface area contributed by atoms with Crippen LogP contribution in [0.2, 0.25) is 0 Å². The molecule has 29 heavy (non-hydrogen) atoms. The second-order valence-electron chi connectivity index (χ2n) is 7.84. The number of ether oxygens (including phenoxy) is 2. The molecule has 0 aromatic heterocycles. The fourth-order valence-electron chi connectivity index (χ4n) is 4.23. The first-order valence-corrected chi connectivity index (χ1v) is 9.98. The molecule has 152 valence electrons. The van der Waals surface area contributed by atoms with Crippen LogP contribution in [0, 0.1) is 0 Å². The summed E-state index contributed by atoms with van der Waals surface area (Å²) in [6.45, 7) is 2.19. The van der Waals surface area contributed by atoms with Crippen molar-refractivity contribution in [3.63, 3.8) is 0 Å². The Bertz CT molecular complexity index is 931. The number of ketones is 1. The summed E-state index contributed by atoms with van der Waals surface area (Å²) in [7, 11) is 3.11. The van der Waals surface area contributed by atoms with Crippen LogP contribution in [0.25, 0.3) is 0 Å². The third-order valence-electron chi connectivity index (χ3n) is 5.90. The van der Waals surface area contributed by atoms with Crippen LogP contribution in [-0.2, 0) is 13.0 Å². The van der Waals surface area contributed by atoms with Gasteiger partial charge in [0.2, 0.25) is 0 Å². The Morgan fingerprint density at radius 3 is 2.38 bits per heavy atom. The predicted octanol–water partition coefficient (Wildman–Crippen LogP) is 4.37. The zero-order valence-electron chi connectivity index (χ0n) is 16.9. The molecule has 0 bridgehead atoms. The number of methoxy groups -OCH3 is 2. The molecule has 0 N–H and O–H groups in total. The van der Waals surface area contributed by atoms with Crippen molar-refractivity contribution in [3.05, 3.63) is 70.8 Å². The summed E-state index contributed by atoms with van der Waals surface area (Å²) in [5.74, 6) is 0.999. The zero-order chi connectivity index (χ0) is 20.4. The molecule has 4 rings (SSSR count). The number of nitrogens with zero attached hydrogens (tertiary/aromatic N) is 1. The van der Waals surface area contributed by atoms with Gasteiger partial charge >= 0.3 is 0 Å². The van der Waals surface area contributed by atoms with Crippen molar-refractivity contribution in [2.75, 3.05) is 27.3 Å². The fraction of sp³-hybridized carbons (Fsp3) is 0.375. The van der Waals surface area contributed by atoms with Gasteiger partial charge in [0.15, 0.2) is 17.3 Å². The summed E-state index contributed by atoms with van der Waals surface area (Å²) in [5.41, 5.74) is 1.79. The number of piperidine rings is 1. The van der Waals surface area contributed by atoms with E-state index in [1.807, 2.05) is 24.3 Å². The van der Waals surface area contributed by atoms with Crippen molar-refractivity contribution in [2.45, 2.75) is 31.5 Å². The van der Waals surface area contributed by atoms with E-state index in [1.165, 1.54) is 5.56 Å². The number of carbonyl (C=O) groups excluding carboxylic acids is 1. The Kier molecular flexibility index (Phi) is 5.41. The number of hydrogen-bond donors (Lipinski definition) is 0. The second-order valence-corrected chi connectivity index (χ2v) is 7.84. The van der Waals surface area contributed by atoms with Crippen molar-refractivity contribution in [2.24, 2.45) is 0 Å². The number of alkyl halides is 1. The van der Waals surface area contributed by atoms with Gasteiger partial charge in [-0.1, -0.05) is 30.3 Å². The molecule has 0 amide bonds. The number of halogens is 1. The molecular weight excluding hydrogens is 369 g/mol. The monoisotopic (exact) mass is 395 g/mol. The maximum Gasteiger partial charge on any atom is 0.189 e. The number of allylic oxidation sites excluding steroid dienone is 2. The lowest BCUT2D eigenvalue weighted by Crippen LogP contribution is -2.40. The third kappa shape index (κ3) is 4.06. The highest BCUT2D eigenvalue weighted by molar-refractivity contribution is 6.13. The maximum absolute atomic E-state index is 15.5. The zero-order valence-corrected chi connectivity index (χ0v) is 16.9. The second kappa shape index (κ2) is 7.99. The minimum atomic E-state index is -1.44. The van der Waals surface area contributed by atoms with Crippen LogP contribution in [0.1, 0.15) is 34.3 Å². The molecule has 0 radical (unpaired) electrons. The van der Waals surface area contributed by atoms with E-state index in [4.69, 9.17) is 9.47 Å². The highest BCUT2D eigenvalue weighted by Gasteiger charge is 2.36. The summed E-state index contributed by atoms with van der Waals surface area (Å²) in [5, 5.41) is 0. The van der Waals surface area contributed by atoms with Gasteiger partial charge in [-0.05, 0) is 42.2 Å². The van der Waals surface area contributed by atoms with E-state index in [9.17, 15) is 4.79 Å². The van der Waals surface area contributed by atoms with Crippen LogP contribution in [0.3, 0.4) is 0 Å². The molecule has 4 nitrogen and oxygen atoms in total. The fourth-order valence-corrected chi connectivity index (χ4v) is 4.23. The van der Waals surface area contributed by atoms with Gasteiger partial charge in [0.05, 0.1) is 14.2 Å². The van der Waals surface area contributed by atoms with E-state index in [1.54, 1.807) is 26.4 Å². The summed E-state index contributed by atoms with van der Waals surface area (Å²) in [6.07, 6.45) is 2.82. The minimum Gasteiger partial charge on any atom is -0.493 e. The van der Waals surface area contributed by atoms with Gasteiger partial charge < -0.3 is 9.47 Å². The maximum atomic E-state index is 15.5. The Labute approximate surface area is 170 Å². The van der Waals surface area contributed by atoms with Crippen molar-refractivity contribution in [1.82, 2.24) is 4.90 Å². The summed E-state index contributed by atoms with van der Waals surface area (Å²) < 4.78 is 26.1. The molecule has 0 atom stereocenters. The van der Waals surface area contributed by atoms with E-state index in [-0.39, 0.29) is 5.78 Å². The lowest BCUT2D eigenvalue weighted by molar-refractivity contribution is 0.0902. The summed E-state index contributed by atoms with van der Waals surface area (Å²) in [4.78, 5) is 15.1. The largest absolute Gasteiger partial charge is 0.493 e. The molecule has 0 saturated carbocycles. The average Bonchev–Trinajstić information content (AvgIpc) is 3.03. The lowest BCUT2D eigenvalue weighted by atomic mass is 9.90. The smallest absolute Gasteiger partial charge is 0.189 e. The average molecular weight is 395 g/mol. The number of Topliss-reactive ketones (excluding diaryl/α,β-unsaturated/α-hetero) is 1. The first-order chi connectivity index (χ1) is 14.0. The Hall–Kier alpha value is -2.66. The number of fused-ring (bicyclic) bond motifs is 1. The van der Waals surface area contributed by atoms with Crippen LogP contribution in [0.4, 0.5) is 4.39 Å². The van der Waals surface area contributed by atoms with Crippen LogP contribution in [0.5, 0.6) is 11.5 Å². The normalized spacial score (nSPS) is 20.0. The molecule has 1 heterocycles. The third-order valence-corrected chi connectivity index (χ3v) is 5.90. The Morgan fingerprint density at radius 2 is 1.72 bits per heavy atom. The first-order valence-electron chi connectivity index (χ1n) is 9.98. The molecule has 0 spiro atoms. The van der Waals surface area contributed by atoms with Gasteiger partial charge in [-0.3, -0.25) is 9.69 Å². The van der Waals surface area contributed by atoms with Crippen LogP contribution >= 0.6 is 0 Å². The van der Waals surface area contributed by atoms with Gasteiger partial charge in [-0.25, -0.2) is 4.39 Å². The van der Waals surface area contributed by atoms with Gasteiger partial charge in [0.1, 0.15) is 5.67 Å². The van der Waals surface area contributed by atoms with E-state index < -0.39 is 5.67 Å². The van der Waals surface area contributed by atoms with Crippen LogP contribution < -0.4 is 9.47 Å². The van der Waals surface area contributed by atoms with Crippen molar-refractivity contribution < 1.29 is 18.7 Å². The highest BCUT2D eigenvalue weighted by Crippen LogP contribution is 2.38. The first kappa shape index (κ1) is 19.6. The van der Waals surface area contributed by atoms with Crippen LogP contribution in [0.15, 0.2) is 54.1 Å². The van der Waals surface area contributed by atoms with Gasteiger partial charge in [-0.2, -0.15) is 0 Å². The predicted molar refractivity (Wildman–Crippen MR) is 110 cm³/mol. The standard InChI is InChI=1S/C24H26FNO3/c1-28-21-13-18-12-19(23(27)20(18)14-22(21)29-2)15-24(25)8-10-26(11-9-24)16-17-6-4-3-5-7-17/h3-7,13-15H,8-12,16H2,1-2H3/b19-15+. The van der Waals surface area contributed by atoms with E-state index in [0.29, 0.717) is 55.0 Å². The molecule has 0 unspecified atom stereocenters. The summed E-state index contributed by atoms with van der Waals surface area (Å²) >= 11 is 0. The van der Waals surface area contributed by atoms with Crippen molar-refractivity contribution in [3.8, 4) is 11.5 Å². The molecule has 2 aliphatic rings. The van der Waals surface area contributed by atoms with E-state index in [0.717, 1.165) is 12.1 Å². The SMILES string of the molecule is COc1cc2c(cc1OC)C(=O)/C(=C/C1(F)CCN(Cc3ccccc3)CC1)C2. The molecule has 2 aromatic rings. The number of rotatable bonds is 5. The van der Waals surface area contributed by atoms with E-state index >= 15 is 4.39 Å². The minimum absolute atomic E-state index is 0.107. The number of carbonyl (C=O) groups is 1. The molecule has 2 aromatic carbocycles. The molecule has 1 aliphatic heterocycles. The van der Waals surface area contributed by atoms with Crippen LogP contribution in [-0.4, -0.2) is 43.7 Å². The Balaban J connectivity index is 1.46. The molecule has 1 fully saturated rings. The number of hydrogen-bond acceptors (Lipinski definition) is 4. The van der Waals surface area contributed by atoms with Gasteiger partial charge in [0, 0.05) is 37.2 Å². The number of benzene rings is 2. The molecule has 1 aliphatic carbocycles. The van der Waals surface area contributed by atoms with Crippen molar-refractivity contribution >= 4 is 5.78 Å². The van der Waals surface area contributed by atoms with Gasteiger partial charge in [0.25, 0.3) is 0 Å². The quantitative estimate of drug-likeness (QED) is 0.705. The molecule has 5 heteroatoms. The van der Waals surface area contributed by atoms with Crippen molar-refractivity contribution in [1.29, 1.82) is 0 Å². The summed E-state index contributed by atoms with van der Waals surface area (Å²) in [6, 6.07) is 13.8. The molecular formula is C24H26FNO3. The molecule has 1 saturated heterocycles. The van der Waals surface area contributed by atoms with Gasteiger partial charge in [-0.15, -0.1) is 0 Å². The van der Waals surface area contributed by atoms with E-state index in [2.05, 4.69) is 17.0 Å².